The van der Waals surface area contributed by atoms with Crippen LogP contribution < -0.4 is 16.0 Å². The lowest BCUT2D eigenvalue weighted by Crippen LogP contribution is -2.48. The first-order chi connectivity index (χ1) is 31.0. The third kappa shape index (κ3) is 21.3. The predicted octanol–water partition coefficient (Wildman–Crippen LogP) is 7.45. The summed E-state index contributed by atoms with van der Waals surface area (Å²) in [6.45, 7) is 8.86. The van der Waals surface area contributed by atoms with E-state index in [4.69, 9.17) is 14.2 Å². The van der Waals surface area contributed by atoms with Crippen LogP contribution in [0.5, 0.6) is 5.75 Å². The lowest BCUT2D eigenvalue weighted by atomic mass is 10.0. The van der Waals surface area contributed by atoms with E-state index in [2.05, 4.69) is 27.9 Å². The first-order valence-corrected chi connectivity index (χ1v) is 23.8. The molecule has 2 heterocycles. The van der Waals surface area contributed by atoms with Crippen molar-refractivity contribution in [2.75, 3.05) is 25.0 Å². The molecule has 0 aromatic heterocycles. The van der Waals surface area contributed by atoms with Crippen LogP contribution in [0.25, 0.3) is 0 Å². The van der Waals surface area contributed by atoms with E-state index < -0.39 is 59.6 Å². The van der Waals surface area contributed by atoms with Crippen LogP contribution in [0.3, 0.4) is 0 Å². The second-order valence-corrected chi connectivity index (χ2v) is 18.2. The van der Waals surface area contributed by atoms with Gasteiger partial charge in [-0.1, -0.05) is 84.0 Å². The number of hydrogen-bond acceptors (Lipinski definition) is 13. The Morgan fingerprint density at radius 3 is 2.22 bits per heavy atom. The Labute approximate surface area is 384 Å². The fraction of sp³-hybridized carbons (Fsp3) is 0.723. The van der Waals surface area contributed by atoms with Crippen LogP contribution in [0.1, 0.15) is 175 Å². The van der Waals surface area contributed by atoms with Crippen LogP contribution in [0.4, 0.5) is 10.5 Å². The van der Waals surface area contributed by atoms with Crippen molar-refractivity contribution >= 4 is 47.3 Å². The second-order valence-electron chi connectivity index (χ2n) is 18.2. The summed E-state index contributed by atoms with van der Waals surface area (Å²) in [4.78, 5) is 81.5. The Hall–Kier alpha value is -4.97. The summed E-state index contributed by atoms with van der Waals surface area (Å²) in [6, 6.07) is 1.01. The number of benzene rings is 1. The van der Waals surface area contributed by atoms with Crippen LogP contribution in [0.15, 0.2) is 23.2 Å². The number of rotatable bonds is 28. The quantitative estimate of drug-likeness (QED) is 0.0208. The molecule has 1 aromatic rings. The van der Waals surface area contributed by atoms with Crippen molar-refractivity contribution in [3.63, 3.8) is 0 Å². The molecule has 18 nitrogen and oxygen atoms in total. The third-order valence-corrected chi connectivity index (χ3v) is 11.1. The minimum Gasteiger partial charge on any atom is -0.507 e. The SMILES string of the molecule is CCCCCCCCCCCCCCCC(=O)N(O)CCCC[C@H](NC(=O)[C@@H]1COC(c2ccc(NC(=O)OC(C)(C)C)cc2O)=N1)C(=O)O[C@H](C)CC(=O)N[C@H]1CCCCN(O)C1=O. The molecule has 0 aliphatic carbocycles. The van der Waals surface area contributed by atoms with Gasteiger partial charge in [-0.25, -0.2) is 24.7 Å². The molecule has 2 aliphatic heterocycles. The molecule has 0 spiro atoms. The molecular weight excluding hydrogens is 841 g/mol. The van der Waals surface area contributed by atoms with Crippen molar-refractivity contribution in [1.29, 1.82) is 0 Å². The van der Waals surface area contributed by atoms with Gasteiger partial charge in [0.05, 0.1) is 12.0 Å². The van der Waals surface area contributed by atoms with Gasteiger partial charge >= 0.3 is 12.1 Å². The monoisotopic (exact) mass is 917 g/mol. The lowest BCUT2D eigenvalue weighted by Gasteiger charge is -2.23. The molecule has 0 saturated carbocycles. The number of anilines is 1. The number of carbonyl (C=O) groups excluding carboxylic acids is 6. The number of nitrogens with zero attached hydrogens (tertiary/aromatic N) is 3. The number of aliphatic imine (C=N–C) groups is 1. The predicted molar refractivity (Wildman–Crippen MR) is 243 cm³/mol. The lowest BCUT2D eigenvalue weighted by molar-refractivity contribution is -0.167. The molecule has 1 saturated heterocycles. The van der Waals surface area contributed by atoms with Crippen molar-refractivity contribution in [3.05, 3.63) is 23.8 Å². The highest BCUT2D eigenvalue weighted by Crippen LogP contribution is 2.26. The van der Waals surface area contributed by atoms with Crippen molar-refractivity contribution in [2.45, 2.75) is 199 Å². The van der Waals surface area contributed by atoms with Gasteiger partial charge in [-0.05, 0) is 84.8 Å². The molecule has 18 heteroatoms. The summed E-state index contributed by atoms with van der Waals surface area (Å²) in [5.41, 5.74) is -0.321. The maximum absolute atomic E-state index is 13.6. The van der Waals surface area contributed by atoms with E-state index in [1.54, 1.807) is 20.8 Å². The maximum atomic E-state index is 13.6. The van der Waals surface area contributed by atoms with E-state index in [0.29, 0.717) is 48.7 Å². The van der Waals surface area contributed by atoms with E-state index in [1.165, 1.54) is 82.9 Å². The van der Waals surface area contributed by atoms with Crippen molar-refractivity contribution in [2.24, 2.45) is 4.99 Å². The van der Waals surface area contributed by atoms with Crippen LogP contribution in [-0.4, -0.2) is 117 Å². The number of phenols is 1. The number of unbranched alkanes of at least 4 members (excludes halogenated alkanes) is 13. The number of esters is 1. The summed E-state index contributed by atoms with van der Waals surface area (Å²) >= 11 is 0. The zero-order chi connectivity index (χ0) is 47.8. The highest BCUT2D eigenvalue weighted by atomic mass is 16.6. The Morgan fingerprint density at radius 2 is 1.58 bits per heavy atom. The van der Waals surface area contributed by atoms with Crippen LogP contribution in [0.2, 0.25) is 0 Å². The van der Waals surface area contributed by atoms with Crippen LogP contribution >= 0.6 is 0 Å². The molecule has 366 valence electrons. The van der Waals surface area contributed by atoms with Crippen molar-refractivity contribution in [3.8, 4) is 5.75 Å². The zero-order valence-electron chi connectivity index (χ0n) is 39.4. The zero-order valence-corrected chi connectivity index (χ0v) is 39.4. The molecule has 1 fully saturated rings. The van der Waals surface area contributed by atoms with Crippen LogP contribution in [-0.2, 0) is 38.2 Å². The standard InChI is InChI=1S/C47H76N6O12/c1-6-7-8-9-10-11-12-13-14-15-16-17-18-25-41(56)52(61)28-21-20-24-37(45(59)64-33(2)30-40(55)49-36-23-19-22-29-53(62)44(36)58)50-42(57)38-32-63-43(51-38)35-27-26-34(31-39(35)54)48-46(60)65-47(3,4)5/h26-27,31,33,36-38,54,61-62H,6-25,28-30,32H2,1-5H3,(H,48,60)(H,49,55)(H,50,57)/t33-,36+,37+,38+/m1/s1. The maximum Gasteiger partial charge on any atom is 0.412 e. The van der Waals surface area contributed by atoms with Gasteiger partial charge in [0.1, 0.15) is 36.1 Å². The molecule has 5 amide bonds. The van der Waals surface area contributed by atoms with Gasteiger partial charge in [-0.3, -0.25) is 34.9 Å². The molecule has 2 aliphatic rings. The number of hydroxylamine groups is 4. The van der Waals surface area contributed by atoms with Gasteiger partial charge in [0.2, 0.25) is 23.6 Å². The van der Waals surface area contributed by atoms with E-state index in [1.807, 2.05) is 0 Å². The average molecular weight is 917 g/mol. The summed E-state index contributed by atoms with van der Waals surface area (Å²) < 4.78 is 16.5. The second kappa shape index (κ2) is 28.8. The minimum absolute atomic E-state index is 0.0222. The fourth-order valence-corrected chi connectivity index (χ4v) is 7.54. The molecule has 0 radical (unpaired) electrons. The number of nitrogens with one attached hydrogen (secondary N) is 3. The molecule has 3 rings (SSSR count). The number of phenolic OH excluding ortho intramolecular Hbond substituents is 1. The molecule has 0 unspecified atom stereocenters. The van der Waals surface area contributed by atoms with E-state index in [0.717, 1.165) is 19.3 Å². The molecule has 6 N–H and O–H groups in total. The summed E-state index contributed by atoms with van der Waals surface area (Å²) in [6.07, 6.45) is 15.9. The largest absolute Gasteiger partial charge is 0.507 e. The van der Waals surface area contributed by atoms with Crippen molar-refractivity contribution < 1.29 is 58.5 Å². The normalized spacial score (nSPS) is 17.2. The topological polar surface area (TPSA) is 246 Å². The minimum atomic E-state index is -1.21. The van der Waals surface area contributed by atoms with E-state index >= 15 is 0 Å². The Morgan fingerprint density at radius 1 is 0.938 bits per heavy atom. The fourth-order valence-electron chi connectivity index (χ4n) is 7.54. The van der Waals surface area contributed by atoms with Gasteiger partial charge in [0.15, 0.2) is 6.04 Å². The highest BCUT2D eigenvalue weighted by Gasteiger charge is 2.33. The highest BCUT2D eigenvalue weighted by molar-refractivity contribution is 6.01. The van der Waals surface area contributed by atoms with Gasteiger partial charge in [-0.2, -0.15) is 0 Å². The third-order valence-electron chi connectivity index (χ3n) is 11.1. The Balaban J connectivity index is 1.53. The van der Waals surface area contributed by atoms with E-state index in [-0.39, 0.29) is 67.8 Å². The van der Waals surface area contributed by atoms with Gasteiger partial charge in [0, 0.05) is 31.3 Å². The summed E-state index contributed by atoms with van der Waals surface area (Å²) in [7, 11) is 0. The molecule has 0 bridgehead atoms. The molecule has 4 atom stereocenters. The summed E-state index contributed by atoms with van der Waals surface area (Å²) in [5.74, 6) is -3.38. The number of aromatic hydroxyl groups is 1. The number of amides is 5. The van der Waals surface area contributed by atoms with Crippen LogP contribution in [0, 0.1) is 0 Å². The number of ether oxygens (including phenoxy) is 3. The van der Waals surface area contributed by atoms with Gasteiger partial charge in [-0.15, -0.1) is 0 Å². The smallest absolute Gasteiger partial charge is 0.412 e. The van der Waals surface area contributed by atoms with Gasteiger partial charge in [0.25, 0.3) is 5.91 Å². The molecular formula is C47H76N6O12. The first-order valence-electron chi connectivity index (χ1n) is 23.8. The number of hydrogen-bond donors (Lipinski definition) is 6. The Bertz CT molecular complexity index is 1720. The molecule has 65 heavy (non-hydrogen) atoms. The average Bonchev–Trinajstić information content (AvgIpc) is 3.67. The summed E-state index contributed by atoms with van der Waals surface area (Å²) in [5, 5.41) is 40.2. The first kappa shape index (κ1) is 54.4. The van der Waals surface area contributed by atoms with Gasteiger partial charge < -0.3 is 30.0 Å². The number of carbonyl (C=O) groups is 6. The molecule has 1 aromatic carbocycles. The van der Waals surface area contributed by atoms with E-state index in [9.17, 15) is 44.3 Å². The van der Waals surface area contributed by atoms with Crippen molar-refractivity contribution in [1.82, 2.24) is 20.8 Å². The Kier molecular flexibility index (Phi) is 24.1.